The number of methoxy groups -OCH3 is 2. The Hall–Kier alpha value is -2.93. The van der Waals surface area contributed by atoms with E-state index in [1.807, 2.05) is 31.2 Å². The third-order valence-corrected chi connectivity index (χ3v) is 5.76. The number of urea groups is 1. The topological polar surface area (TPSA) is 79.9 Å². The predicted molar refractivity (Wildman–Crippen MR) is 121 cm³/mol. The zero-order chi connectivity index (χ0) is 22.4. The molecule has 3 amide bonds. The van der Waals surface area contributed by atoms with Crippen LogP contribution >= 0.6 is 11.6 Å². The highest BCUT2D eigenvalue weighted by Crippen LogP contribution is 2.32. The number of amides is 3. The molecule has 31 heavy (non-hydrogen) atoms. The number of nitrogens with zero attached hydrogens (tertiary/aromatic N) is 1. The van der Waals surface area contributed by atoms with Crippen LogP contribution in [0.2, 0.25) is 5.02 Å². The quantitative estimate of drug-likeness (QED) is 0.694. The lowest BCUT2D eigenvalue weighted by atomic mass is 9.81. The van der Waals surface area contributed by atoms with Gasteiger partial charge in [-0.05, 0) is 55.7 Å². The summed E-state index contributed by atoms with van der Waals surface area (Å²) in [5.41, 5.74) is 0.775. The number of carbonyl (C=O) groups is 2. The Labute approximate surface area is 187 Å². The Balaban J connectivity index is 1.63. The molecule has 0 radical (unpaired) electrons. The number of nitrogens with one attached hydrogen (secondary N) is 2. The maximum atomic E-state index is 13.0. The second-order valence-corrected chi connectivity index (χ2v) is 8.33. The van der Waals surface area contributed by atoms with Crippen LogP contribution in [0.3, 0.4) is 0 Å². The van der Waals surface area contributed by atoms with Gasteiger partial charge in [-0.25, -0.2) is 4.79 Å². The second-order valence-electron chi connectivity index (χ2n) is 7.89. The SMILES string of the molecule is COc1cccc(CNC(=O)C2(C)CCCN(C(=O)Nc3cc(Cl)ccc3OC)C2)c1. The molecule has 1 unspecified atom stereocenters. The van der Waals surface area contributed by atoms with Crippen LogP contribution in [-0.4, -0.2) is 44.1 Å². The first-order chi connectivity index (χ1) is 14.8. The standard InChI is InChI=1S/C23H28ClN3O4/c1-23(21(28)25-14-16-6-4-7-18(12-16)30-2)10-5-11-27(15-23)22(29)26-19-13-17(24)8-9-20(19)31-3/h4,6-9,12-13H,5,10-11,14-15H2,1-3H3,(H,25,28)(H,26,29). The van der Waals surface area contributed by atoms with E-state index in [1.54, 1.807) is 30.2 Å². The van der Waals surface area contributed by atoms with Gasteiger partial charge in [0.25, 0.3) is 0 Å². The second kappa shape index (κ2) is 9.92. The maximum Gasteiger partial charge on any atom is 0.321 e. The van der Waals surface area contributed by atoms with E-state index in [9.17, 15) is 9.59 Å². The number of hydrogen-bond acceptors (Lipinski definition) is 4. The molecule has 0 aliphatic carbocycles. The summed E-state index contributed by atoms with van der Waals surface area (Å²) in [7, 11) is 3.14. The Kier molecular flexibility index (Phi) is 7.28. The molecule has 2 aromatic rings. The van der Waals surface area contributed by atoms with Crippen molar-refractivity contribution in [1.82, 2.24) is 10.2 Å². The number of hydrogen-bond donors (Lipinski definition) is 2. The van der Waals surface area contributed by atoms with Gasteiger partial charge in [0.1, 0.15) is 11.5 Å². The summed E-state index contributed by atoms with van der Waals surface area (Å²) >= 11 is 6.05. The Morgan fingerprint density at radius 3 is 2.71 bits per heavy atom. The molecule has 3 rings (SSSR count). The van der Waals surface area contributed by atoms with Crippen LogP contribution in [0.25, 0.3) is 0 Å². The molecule has 1 saturated heterocycles. The molecule has 166 valence electrons. The number of halogens is 1. The first-order valence-electron chi connectivity index (χ1n) is 10.2. The fraction of sp³-hybridized carbons (Fsp3) is 0.391. The number of piperidine rings is 1. The van der Waals surface area contributed by atoms with Crippen molar-refractivity contribution in [3.63, 3.8) is 0 Å². The van der Waals surface area contributed by atoms with Crippen LogP contribution in [0.1, 0.15) is 25.3 Å². The average molecular weight is 446 g/mol. The van der Waals surface area contributed by atoms with Gasteiger partial charge in [-0.1, -0.05) is 23.7 Å². The van der Waals surface area contributed by atoms with Gasteiger partial charge in [-0.2, -0.15) is 0 Å². The van der Waals surface area contributed by atoms with Crippen LogP contribution < -0.4 is 20.1 Å². The summed E-state index contributed by atoms with van der Waals surface area (Å²) in [6.07, 6.45) is 1.45. The molecule has 1 aliphatic heterocycles. The van der Waals surface area contributed by atoms with E-state index in [4.69, 9.17) is 21.1 Å². The highest BCUT2D eigenvalue weighted by molar-refractivity contribution is 6.31. The summed E-state index contributed by atoms with van der Waals surface area (Å²) < 4.78 is 10.5. The molecule has 0 aromatic heterocycles. The minimum Gasteiger partial charge on any atom is -0.497 e. The minimum atomic E-state index is -0.674. The highest BCUT2D eigenvalue weighted by Gasteiger charge is 2.39. The zero-order valence-electron chi connectivity index (χ0n) is 18.0. The summed E-state index contributed by atoms with van der Waals surface area (Å²) in [6.45, 7) is 3.20. The molecular formula is C23H28ClN3O4. The Morgan fingerprint density at radius 2 is 1.97 bits per heavy atom. The fourth-order valence-electron chi connectivity index (χ4n) is 3.75. The van der Waals surface area contributed by atoms with Crippen LogP contribution in [0.15, 0.2) is 42.5 Å². The monoisotopic (exact) mass is 445 g/mol. The number of rotatable bonds is 6. The number of carbonyl (C=O) groups excluding carboxylic acids is 2. The van der Waals surface area contributed by atoms with E-state index in [1.165, 1.54) is 7.11 Å². The van der Waals surface area contributed by atoms with Gasteiger partial charge < -0.3 is 25.0 Å². The lowest BCUT2D eigenvalue weighted by Crippen LogP contribution is -2.52. The first-order valence-corrected chi connectivity index (χ1v) is 10.5. The van der Waals surface area contributed by atoms with E-state index >= 15 is 0 Å². The van der Waals surface area contributed by atoms with Crippen molar-refractivity contribution in [2.75, 3.05) is 32.6 Å². The van der Waals surface area contributed by atoms with Crippen LogP contribution in [-0.2, 0) is 11.3 Å². The first kappa shape index (κ1) is 22.7. The van der Waals surface area contributed by atoms with Crippen molar-refractivity contribution in [2.24, 2.45) is 5.41 Å². The lowest BCUT2D eigenvalue weighted by molar-refractivity contribution is -0.132. The summed E-state index contributed by atoms with van der Waals surface area (Å²) in [5.74, 6) is 1.19. The van der Waals surface area contributed by atoms with Crippen molar-refractivity contribution < 1.29 is 19.1 Å². The number of benzene rings is 2. The van der Waals surface area contributed by atoms with E-state index in [0.29, 0.717) is 42.5 Å². The van der Waals surface area contributed by atoms with E-state index in [2.05, 4.69) is 10.6 Å². The molecule has 2 aromatic carbocycles. The molecule has 1 fully saturated rings. The summed E-state index contributed by atoms with van der Waals surface area (Å²) in [4.78, 5) is 27.5. The molecule has 2 N–H and O–H groups in total. The molecule has 0 spiro atoms. The summed E-state index contributed by atoms with van der Waals surface area (Å²) in [5, 5.41) is 6.35. The van der Waals surface area contributed by atoms with E-state index in [0.717, 1.165) is 17.7 Å². The fourth-order valence-corrected chi connectivity index (χ4v) is 3.92. The van der Waals surface area contributed by atoms with Gasteiger partial charge in [0.15, 0.2) is 0 Å². The van der Waals surface area contributed by atoms with Gasteiger partial charge in [0.05, 0.1) is 25.3 Å². The normalized spacial score (nSPS) is 18.3. The molecule has 1 aliphatic rings. The third-order valence-electron chi connectivity index (χ3n) is 5.52. The molecule has 7 nitrogen and oxygen atoms in total. The van der Waals surface area contributed by atoms with Crippen molar-refractivity contribution >= 4 is 29.2 Å². The van der Waals surface area contributed by atoms with Crippen molar-refractivity contribution in [3.8, 4) is 11.5 Å². The van der Waals surface area contributed by atoms with Crippen molar-refractivity contribution in [1.29, 1.82) is 0 Å². The Bertz CT molecular complexity index is 952. The third kappa shape index (κ3) is 5.61. The highest BCUT2D eigenvalue weighted by atomic mass is 35.5. The summed E-state index contributed by atoms with van der Waals surface area (Å²) in [6, 6.07) is 12.3. The Morgan fingerprint density at radius 1 is 1.16 bits per heavy atom. The number of anilines is 1. The van der Waals surface area contributed by atoms with Crippen LogP contribution in [0, 0.1) is 5.41 Å². The van der Waals surface area contributed by atoms with Gasteiger partial charge in [-0.15, -0.1) is 0 Å². The molecular weight excluding hydrogens is 418 g/mol. The lowest BCUT2D eigenvalue weighted by Gasteiger charge is -2.39. The molecule has 1 atom stereocenters. The largest absolute Gasteiger partial charge is 0.497 e. The van der Waals surface area contributed by atoms with E-state index in [-0.39, 0.29) is 11.9 Å². The van der Waals surface area contributed by atoms with Gasteiger partial charge in [0.2, 0.25) is 5.91 Å². The predicted octanol–water partition coefficient (Wildman–Crippen LogP) is 4.31. The number of ether oxygens (including phenoxy) is 2. The van der Waals surface area contributed by atoms with Crippen LogP contribution in [0.4, 0.5) is 10.5 Å². The molecule has 8 heteroatoms. The molecule has 0 saturated carbocycles. The van der Waals surface area contributed by atoms with Gasteiger partial charge >= 0.3 is 6.03 Å². The maximum absolute atomic E-state index is 13.0. The minimum absolute atomic E-state index is 0.0758. The van der Waals surface area contributed by atoms with Gasteiger partial charge in [-0.3, -0.25) is 4.79 Å². The smallest absolute Gasteiger partial charge is 0.321 e. The van der Waals surface area contributed by atoms with Gasteiger partial charge in [0, 0.05) is 24.7 Å². The zero-order valence-corrected chi connectivity index (χ0v) is 18.8. The molecule has 0 bridgehead atoms. The number of likely N-dealkylation sites (tertiary alicyclic amines) is 1. The van der Waals surface area contributed by atoms with E-state index < -0.39 is 5.41 Å². The molecule has 1 heterocycles. The van der Waals surface area contributed by atoms with Crippen molar-refractivity contribution in [3.05, 3.63) is 53.1 Å². The van der Waals surface area contributed by atoms with Crippen LogP contribution in [0.5, 0.6) is 11.5 Å². The van der Waals surface area contributed by atoms with Crippen molar-refractivity contribution in [2.45, 2.75) is 26.3 Å². The average Bonchev–Trinajstić information content (AvgIpc) is 2.77.